The third kappa shape index (κ3) is 3.75. The van der Waals surface area contributed by atoms with Crippen LogP contribution in [0, 0.1) is 0 Å². The molecule has 0 saturated carbocycles. The van der Waals surface area contributed by atoms with Gasteiger partial charge in [0.15, 0.2) is 0 Å². The smallest absolute Gasteiger partial charge is 0.242 e. The van der Waals surface area contributed by atoms with Crippen molar-refractivity contribution in [1.29, 1.82) is 0 Å². The zero-order valence-electron chi connectivity index (χ0n) is 13.2. The Morgan fingerprint density at radius 2 is 1.68 bits per heavy atom. The Bertz CT molecular complexity index is 684. The largest absolute Gasteiger partial charge is 0.365 e. The summed E-state index contributed by atoms with van der Waals surface area (Å²) < 4.78 is 0. The van der Waals surface area contributed by atoms with Crippen molar-refractivity contribution in [3.05, 3.63) is 42.5 Å². The molecule has 5 heteroatoms. The molecular formula is C17H21N3O2. The molecule has 0 spiro atoms. The summed E-state index contributed by atoms with van der Waals surface area (Å²) in [5.41, 5.74) is 0.973. The van der Waals surface area contributed by atoms with Gasteiger partial charge in [-0.1, -0.05) is 30.3 Å². The first-order valence-electron chi connectivity index (χ1n) is 7.15. The highest BCUT2D eigenvalue weighted by Crippen LogP contribution is 2.21. The summed E-state index contributed by atoms with van der Waals surface area (Å²) in [6, 6.07) is 14.2. The molecule has 0 aliphatic rings. The first-order valence-corrected chi connectivity index (χ1v) is 7.15. The lowest BCUT2D eigenvalue weighted by Gasteiger charge is -2.23. The monoisotopic (exact) mass is 299 g/mol. The third-order valence-electron chi connectivity index (χ3n) is 3.63. The SMILES string of the molecule is CNC(=O)CN(C)C(=O)CN(C)c1ccc2ccccc2c1. The lowest BCUT2D eigenvalue weighted by Crippen LogP contribution is -2.41. The van der Waals surface area contributed by atoms with Crippen molar-refractivity contribution in [2.24, 2.45) is 0 Å². The summed E-state index contributed by atoms with van der Waals surface area (Å²) in [6.45, 7) is 0.298. The van der Waals surface area contributed by atoms with Gasteiger partial charge in [-0.25, -0.2) is 0 Å². The number of amides is 2. The van der Waals surface area contributed by atoms with Crippen LogP contribution in [0.4, 0.5) is 5.69 Å². The highest BCUT2D eigenvalue weighted by molar-refractivity contribution is 5.89. The van der Waals surface area contributed by atoms with Gasteiger partial charge in [0.25, 0.3) is 0 Å². The van der Waals surface area contributed by atoms with E-state index >= 15 is 0 Å². The van der Waals surface area contributed by atoms with Gasteiger partial charge in [0, 0.05) is 26.8 Å². The summed E-state index contributed by atoms with van der Waals surface area (Å²) in [7, 11) is 5.06. The number of likely N-dealkylation sites (N-methyl/N-ethyl adjacent to an activating group) is 3. The molecule has 0 bridgehead atoms. The molecule has 0 aliphatic heterocycles. The molecule has 2 aromatic carbocycles. The Morgan fingerprint density at radius 3 is 2.36 bits per heavy atom. The Morgan fingerprint density at radius 1 is 1.00 bits per heavy atom. The molecule has 0 aromatic heterocycles. The fourth-order valence-electron chi connectivity index (χ4n) is 2.21. The van der Waals surface area contributed by atoms with Crippen molar-refractivity contribution >= 4 is 28.3 Å². The van der Waals surface area contributed by atoms with Crippen LogP contribution in [0.25, 0.3) is 10.8 Å². The van der Waals surface area contributed by atoms with E-state index < -0.39 is 0 Å². The number of rotatable bonds is 5. The zero-order valence-corrected chi connectivity index (χ0v) is 13.2. The number of nitrogens with one attached hydrogen (secondary N) is 1. The topological polar surface area (TPSA) is 52.7 Å². The normalized spacial score (nSPS) is 10.3. The number of anilines is 1. The van der Waals surface area contributed by atoms with Gasteiger partial charge in [0.05, 0.1) is 13.1 Å². The second-order valence-corrected chi connectivity index (χ2v) is 5.31. The van der Waals surface area contributed by atoms with Crippen molar-refractivity contribution in [1.82, 2.24) is 10.2 Å². The van der Waals surface area contributed by atoms with Gasteiger partial charge in [-0.2, -0.15) is 0 Å². The summed E-state index contributed by atoms with van der Waals surface area (Å²) in [6.07, 6.45) is 0. The molecule has 0 saturated heterocycles. The molecule has 1 N–H and O–H groups in total. The maximum absolute atomic E-state index is 12.1. The van der Waals surface area contributed by atoms with Crippen LogP contribution in [0.5, 0.6) is 0 Å². The molecule has 5 nitrogen and oxygen atoms in total. The standard InChI is InChI=1S/C17H21N3O2/c1-18-16(21)11-20(3)17(22)12-19(2)15-9-8-13-6-4-5-7-14(13)10-15/h4-10H,11-12H2,1-3H3,(H,18,21). The number of hydrogen-bond acceptors (Lipinski definition) is 3. The molecule has 2 aromatic rings. The van der Waals surface area contributed by atoms with E-state index in [4.69, 9.17) is 0 Å². The second kappa shape index (κ2) is 6.93. The highest BCUT2D eigenvalue weighted by Gasteiger charge is 2.14. The first kappa shape index (κ1) is 15.8. The van der Waals surface area contributed by atoms with E-state index in [0.717, 1.165) is 11.1 Å². The number of hydrogen-bond donors (Lipinski definition) is 1. The van der Waals surface area contributed by atoms with Crippen LogP contribution < -0.4 is 10.2 Å². The second-order valence-electron chi connectivity index (χ2n) is 5.31. The van der Waals surface area contributed by atoms with Crippen LogP contribution in [0.3, 0.4) is 0 Å². The average molecular weight is 299 g/mol. The summed E-state index contributed by atoms with van der Waals surface area (Å²) in [4.78, 5) is 26.8. The fraction of sp³-hybridized carbons (Fsp3) is 0.294. The Balaban J connectivity index is 2.05. The fourth-order valence-corrected chi connectivity index (χ4v) is 2.21. The van der Waals surface area contributed by atoms with E-state index in [-0.39, 0.29) is 24.9 Å². The van der Waals surface area contributed by atoms with Gasteiger partial charge in [-0.3, -0.25) is 9.59 Å². The van der Waals surface area contributed by atoms with E-state index in [0.29, 0.717) is 0 Å². The van der Waals surface area contributed by atoms with E-state index in [1.807, 2.05) is 42.3 Å². The molecule has 0 fully saturated rings. The minimum absolute atomic E-state index is 0.0703. The van der Waals surface area contributed by atoms with Crippen LogP contribution >= 0.6 is 0 Å². The predicted octanol–water partition coefficient (Wildman–Crippen LogP) is 1.48. The minimum atomic E-state index is -0.177. The van der Waals surface area contributed by atoms with Crippen molar-refractivity contribution in [3.8, 4) is 0 Å². The van der Waals surface area contributed by atoms with Gasteiger partial charge in [0.1, 0.15) is 0 Å². The molecule has 0 aliphatic carbocycles. The first-order chi connectivity index (χ1) is 10.5. The Labute approximate surface area is 130 Å². The van der Waals surface area contributed by atoms with Crippen LogP contribution in [0.2, 0.25) is 0 Å². The number of nitrogens with zero attached hydrogens (tertiary/aromatic N) is 2. The molecule has 2 rings (SSSR count). The van der Waals surface area contributed by atoms with Crippen molar-refractivity contribution in [3.63, 3.8) is 0 Å². The average Bonchev–Trinajstić information content (AvgIpc) is 2.53. The minimum Gasteiger partial charge on any atom is -0.365 e. The Hall–Kier alpha value is -2.56. The number of carbonyl (C=O) groups is 2. The maximum atomic E-state index is 12.1. The molecule has 2 amide bonds. The zero-order chi connectivity index (χ0) is 16.1. The van der Waals surface area contributed by atoms with Gasteiger partial charge in [-0.05, 0) is 22.9 Å². The number of benzene rings is 2. The van der Waals surface area contributed by atoms with Crippen molar-refractivity contribution < 1.29 is 9.59 Å². The van der Waals surface area contributed by atoms with Gasteiger partial charge in [0.2, 0.25) is 11.8 Å². The summed E-state index contributed by atoms with van der Waals surface area (Å²) in [5, 5.41) is 4.82. The van der Waals surface area contributed by atoms with E-state index in [1.54, 1.807) is 14.1 Å². The Kier molecular flexibility index (Phi) is 4.99. The van der Waals surface area contributed by atoms with Gasteiger partial charge < -0.3 is 15.1 Å². The number of carbonyl (C=O) groups excluding carboxylic acids is 2. The molecule has 0 atom stereocenters. The summed E-state index contributed by atoms with van der Waals surface area (Å²) >= 11 is 0. The van der Waals surface area contributed by atoms with E-state index in [1.165, 1.54) is 10.3 Å². The molecule has 0 heterocycles. The van der Waals surface area contributed by atoms with Crippen LogP contribution in [-0.4, -0.2) is 50.9 Å². The van der Waals surface area contributed by atoms with Crippen molar-refractivity contribution in [2.75, 3.05) is 39.1 Å². The molecular weight excluding hydrogens is 278 g/mol. The van der Waals surface area contributed by atoms with Crippen LogP contribution in [0.1, 0.15) is 0 Å². The van der Waals surface area contributed by atoms with E-state index in [9.17, 15) is 9.59 Å². The maximum Gasteiger partial charge on any atom is 0.242 e. The van der Waals surface area contributed by atoms with Crippen LogP contribution in [0.15, 0.2) is 42.5 Å². The van der Waals surface area contributed by atoms with Crippen molar-refractivity contribution in [2.45, 2.75) is 0 Å². The highest BCUT2D eigenvalue weighted by atomic mass is 16.2. The van der Waals surface area contributed by atoms with Gasteiger partial charge in [-0.15, -0.1) is 0 Å². The van der Waals surface area contributed by atoms with Gasteiger partial charge >= 0.3 is 0 Å². The summed E-state index contributed by atoms with van der Waals surface area (Å²) in [5.74, 6) is -0.275. The van der Waals surface area contributed by atoms with Crippen LogP contribution in [-0.2, 0) is 9.59 Å². The third-order valence-corrected chi connectivity index (χ3v) is 3.63. The quantitative estimate of drug-likeness (QED) is 0.910. The molecule has 116 valence electrons. The molecule has 22 heavy (non-hydrogen) atoms. The molecule has 0 unspecified atom stereocenters. The number of fused-ring (bicyclic) bond motifs is 1. The predicted molar refractivity (Wildman–Crippen MR) is 88.9 cm³/mol. The molecule has 0 radical (unpaired) electrons. The lowest BCUT2D eigenvalue weighted by atomic mass is 10.1. The lowest BCUT2D eigenvalue weighted by molar-refractivity contribution is -0.133. The van der Waals surface area contributed by atoms with E-state index in [2.05, 4.69) is 17.4 Å².